The molecular weight excluding hydrogens is 387 g/mol. The molecule has 4 aliphatic carbocycles. The monoisotopic (exact) mass is 420 g/mol. The van der Waals surface area contributed by atoms with Crippen LogP contribution in [0.4, 0.5) is 4.39 Å². The number of fused-ring (bicyclic) bond motifs is 7. The molecule has 0 amide bonds. The number of aliphatic hydroxyl groups is 1. The van der Waals surface area contributed by atoms with Crippen molar-refractivity contribution in [3.63, 3.8) is 0 Å². The highest BCUT2D eigenvalue weighted by atomic mass is 19.1. The minimum Gasteiger partial charge on any atom is -0.388 e. The van der Waals surface area contributed by atoms with Gasteiger partial charge < -0.3 is 14.6 Å². The molecule has 0 unspecified atom stereocenters. The van der Waals surface area contributed by atoms with Crippen LogP contribution in [0.3, 0.4) is 0 Å². The van der Waals surface area contributed by atoms with Gasteiger partial charge in [0.2, 0.25) is 0 Å². The van der Waals surface area contributed by atoms with Crippen molar-refractivity contribution in [2.75, 3.05) is 6.61 Å². The second-order valence-electron chi connectivity index (χ2n) is 11.2. The molecule has 8 atom stereocenters. The van der Waals surface area contributed by atoms with Crippen LogP contribution in [-0.4, -0.2) is 46.9 Å². The Labute approximate surface area is 177 Å². The Morgan fingerprint density at radius 3 is 2.63 bits per heavy atom. The summed E-state index contributed by atoms with van der Waals surface area (Å²) in [5.41, 5.74) is -1.29. The van der Waals surface area contributed by atoms with Crippen LogP contribution in [0, 0.1) is 28.6 Å². The van der Waals surface area contributed by atoms with Gasteiger partial charge in [0.1, 0.15) is 12.8 Å². The van der Waals surface area contributed by atoms with E-state index < -0.39 is 35.7 Å². The highest BCUT2D eigenvalue weighted by molar-refractivity contribution is 5.92. The lowest BCUT2D eigenvalue weighted by atomic mass is 9.46. The Balaban J connectivity index is 1.57. The van der Waals surface area contributed by atoms with Gasteiger partial charge in [-0.15, -0.1) is 0 Å². The second-order valence-corrected chi connectivity index (χ2v) is 11.2. The molecule has 0 aromatic heterocycles. The Bertz CT molecular complexity index is 835. The molecule has 6 heteroatoms. The molecule has 1 N–H and O–H groups in total. The van der Waals surface area contributed by atoms with Crippen LogP contribution in [0.15, 0.2) is 11.6 Å². The van der Waals surface area contributed by atoms with E-state index >= 15 is 4.39 Å². The number of ketones is 2. The minimum atomic E-state index is -1.17. The lowest BCUT2D eigenvalue weighted by Crippen LogP contribution is -2.61. The Morgan fingerprint density at radius 2 is 1.93 bits per heavy atom. The summed E-state index contributed by atoms with van der Waals surface area (Å²) in [7, 11) is 0. The van der Waals surface area contributed by atoms with Gasteiger partial charge in [0.25, 0.3) is 0 Å². The molecule has 0 aromatic carbocycles. The number of rotatable bonds is 2. The number of allylic oxidation sites excluding steroid dienone is 1. The van der Waals surface area contributed by atoms with E-state index in [4.69, 9.17) is 9.47 Å². The van der Waals surface area contributed by atoms with E-state index in [0.29, 0.717) is 31.3 Å². The van der Waals surface area contributed by atoms with Gasteiger partial charge in [-0.05, 0) is 80.8 Å². The summed E-state index contributed by atoms with van der Waals surface area (Å²) in [4.78, 5) is 25.1. The molecule has 0 radical (unpaired) electrons. The lowest BCUT2D eigenvalue weighted by molar-refractivity contribution is -0.216. The quantitative estimate of drug-likeness (QED) is 0.740. The Morgan fingerprint density at radius 1 is 1.20 bits per heavy atom. The van der Waals surface area contributed by atoms with E-state index in [9.17, 15) is 14.7 Å². The van der Waals surface area contributed by atoms with Gasteiger partial charge >= 0.3 is 0 Å². The largest absolute Gasteiger partial charge is 0.388 e. The number of carbonyl (C=O) groups is 2. The van der Waals surface area contributed by atoms with Crippen LogP contribution in [0.25, 0.3) is 0 Å². The molecule has 3 saturated carbocycles. The van der Waals surface area contributed by atoms with Crippen molar-refractivity contribution in [3.05, 3.63) is 11.6 Å². The lowest BCUT2D eigenvalue weighted by Gasteiger charge is -2.59. The zero-order valence-corrected chi connectivity index (χ0v) is 18.4. The van der Waals surface area contributed by atoms with E-state index in [1.807, 2.05) is 13.8 Å². The standard InChI is InChI=1S/C24H33FO5/c1-21(2)29-20-11-16-14-10-18(25)17-9-13(27)5-7-22(17,3)15(14)6-8-23(16,4)24(20,30-21)19(28)12-26/h9,14-16,18,20,26H,5-8,10-12H2,1-4H3/t14-,15+,16+,18+,20-,22-,23+,24-/m1/s1. The maximum Gasteiger partial charge on any atom is 0.193 e. The summed E-state index contributed by atoms with van der Waals surface area (Å²) in [5, 5.41) is 9.82. The summed E-state index contributed by atoms with van der Waals surface area (Å²) >= 11 is 0. The molecule has 0 aromatic rings. The predicted molar refractivity (Wildman–Crippen MR) is 107 cm³/mol. The van der Waals surface area contributed by atoms with Gasteiger partial charge in [0.05, 0.1) is 6.10 Å². The van der Waals surface area contributed by atoms with E-state index in [1.54, 1.807) is 6.08 Å². The van der Waals surface area contributed by atoms with Gasteiger partial charge in [-0.1, -0.05) is 13.8 Å². The summed E-state index contributed by atoms with van der Waals surface area (Å²) in [6, 6.07) is 0. The summed E-state index contributed by atoms with van der Waals surface area (Å²) in [6.45, 7) is 7.29. The van der Waals surface area contributed by atoms with Crippen molar-refractivity contribution in [1.29, 1.82) is 0 Å². The molecule has 0 spiro atoms. The van der Waals surface area contributed by atoms with Gasteiger partial charge in [-0.25, -0.2) is 4.39 Å². The minimum absolute atomic E-state index is 0.0381. The maximum absolute atomic E-state index is 15.4. The van der Waals surface area contributed by atoms with E-state index in [2.05, 4.69) is 13.8 Å². The van der Waals surface area contributed by atoms with Crippen molar-refractivity contribution >= 4 is 11.6 Å². The van der Waals surface area contributed by atoms with E-state index in [1.165, 1.54) is 0 Å². The Kier molecular flexibility index (Phi) is 4.31. The highest BCUT2D eigenvalue weighted by Gasteiger charge is 2.75. The number of ether oxygens (including phenoxy) is 2. The van der Waals surface area contributed by atoms with Crippen molar-refractivity contribution in [3.8, 4) is 0 Å². The van der Waals surface area contributed by atoms with Gasteiger partial charge in [0, 0.05) is 11.8 Å². The third-order valence-corrected chi connectivity index (χ3v) is 9.49. The van der Waals surface area contributed by atoms with Crippen LogP contribution < -0.4 is 0 Å². The van der Waals surface area contributed by atoms with Crippen molar-refractivity contribution < 1.29 is 28.6 Å². The van der Waals surface area contributed by atoms with Crippen LogP contribution in [-0.2, 0) is 19.1 Å². The van der Waals surface area contributed by atoms with Crippen LogP contribution >= 0.6 is 0 Å². The predicted octanol–water partition coefficient (Wildman–Crippen LogP) is 3.53. The first-order valence-electron chi connectivity index (χ1n) is 11.4. The number of Topliss-reactive ketones (excluding diaryl/α,β-unsaturated/α-hetero) is 1. The first-order chi connectivity index (χ1) is 14.0. The van der Waals surface area contributed by atoms with E-state index in [-0.39, 0.29) is 34.7 Å². The molecule has 166 valence electrons. The molecule has 30 heavy (non-hydrogen) atoms. The molecule has 4 fully saturated rings. The average molecular weight is 421 g/mol. The first kappa shape index (κ1) is 20.8. The summed E-state index contributed by atoms with van der Waals surface area (Å²) in [5.74, 6) is -0.683. The summed E-state index contributed by atoms with van der Waals surface area (Å²) in [6.07, 6.45) is 3.89. The van der Waals surface area contributed by atoms with Crippen LogP contribution in [0.2, 0.25) is 0 Å². The number of hydrogen-bond donors (Lipinski definition) is 1. The molecule has 1 aliphatic heterocycles. The second kappa shape index (κ2) is 6.23. The molecule has 5 aliphatic rings. The fourth-order valence-corrected chi connectivity index (χ4v) is 8.28. The van der Waals surface area contributed by atoms with Crippen LogP contribution in [0.5, 0.6) is 0 Å². The van der Waals surface area contributed by atoms with Crippen molar-refractivity contribution in [2.24, 2.45) is 28.6 Å². The highest BCUT2D eigenvalue weighted by Crippen LogP contribution is 2.70. The number of aliphatic hydroxyl groups excluding tert-OH is 1. The van der Waals surface area contributed by atoms with Crippen molar-refractivity contribution in [2.45, 2.75) is 89.9 Å². The molecule has 1 saturated heterocycles. The van der Waals surface area contributed by atoms with E-state index in [0.717, 1.165) is 12.8 Å². The molecule has 5 rings (SSSR count). The Hall–Kier alpha value is -1.11. The molecule has 5 nitrogen and oxygen atoms in total. The van der Waals surface area contributed by atoms with Gasteiger partial charge in [0.15, 0.2) is 23.0 Å². The number of alkyl halides is 1. The fraction of sp³-hybridized carbons (Fsp3) is 0.833. The molecular formula is C24H33FO5. The fourth-order valence-electron chi connectivity index (χ4n) is 8.28. The number of carbonyl (C=O) groups excluding carboxylic acids is 2. The summed E-state index contributed by atoms with van der Waals surface area (Å²) < 4.78 is 28.0. The first-order valence-corrected chi connectivity index (χ1v) is 11.4. The maximum atomic E-state index is 15.4. The number of halogens is 1. The third kappa shape index (κ3) is 2.39. The van der Waals surface area contributed by atoms with Gasteiger partial charge in [-0.3, -0.25) is 9.59 Å². The van der Waals surface area contributed by atoms with Crippen molar-refractivity contribution in [1.82, 2.24) is 0 Å². The molecule has 0 bridgehead atoms. The smallest absolute Gasteiger partial charge is 0.193 e. The zero-order valence-electron chi connectivity index (χ0n) is 18.4. The third-order valence-electron chi connectivity index (χ3n) is 9.49. The molecule has 1 heterocycles. The normalized spacial score (nSPS) is 51.5. The topological polar surface area (TPSA) is 72.8 Å². The van der Waals surface area contributed by atoms with Crippen LogP contribution in [0.1, 0.15) is 66.2 Å². The van der Waals surface area contributed by atoms with Gasteiger partial charge in [-0.2, -0.15) is 0 Å². The average Bonchev–Trinajstić information content (AvgIpc) is 3.09. The zero-order chi connectivity index (χ0) is 21.7. The number of hydrogen-bond acceptors (Lipinski definition) is 5. The SMILES string of the molecule is CC1(C)O[C@@H]2C[C@H]3[C@@H]4C[C@H](F)C5=CC(=O)CC[C@]5(C)[C@H]4CC[C@]3(C)[C@]2(C(=O)CO)O1.